The average molecular weight is 476 g/mol. The van der Waals surface area contributed by atoms with Crippen LogP contribution in [0.5, 0.6) is 0 Å². The Morgan fingerprint density at radius 3 is 2.56 bits per heavy atom. The summed E-state index contributed by atoms with van der Waals surface area (Å²) in [6, 6.07) is 0. The molecule has 0 aromatic rings. The van der Waals surface area contributed by atoms with E-state index in [0.717, 1.165) is 57.8 Å². The van der Waals surface area contributed by atoms with Crippen molar-refractivity contribution in [3.8, 4) is 0 Å². The van der Waals surface area contributed by atoms with Crippen molar-refractivity contribution in [3.05, 3.63) is 12.7 Å². The van der Waals surface area contributed by atoms with Crippen LogP contribution >= 0.6 is 0 Å². The standard InChI is InChI=1S/C29H49NO4/c1-6-14-30(5)26(34)9-7-8-18(2)21-10-11-22-27-23(17-25(33)29(21,22)4)28(3)13-12-20(31)15-19(28)16-24(27)32/h6,18-25,27,31-33H,1,7-17H2,2-5H3/t18-,19+,20-,21-,22+,23+,24-,25+,27+,28+,29-/m1/s1. The fourth-order valence-corrected chi connectivity index (χ4v) is 9.39. The van der Waals surface area contributed by atoms with E-state index in [4.69, 9.17) is 0 Å². The summed E-state index contributed by atoms with van der Waals surface area (Å²) in [5, 5.41) is 33.4. The Labute approximate surface area is 207 Å². The molecule has 5 nitrogen and oxygen atoms in total. The van der Waals surface area contributed by atoms with Gasteiger partial charge in [-0.3, -0.25) is 4.79 Å². The van der Waals surface area contributed by atoms with Crippen LogP contribution in [0, 0.1) is 46.3 Å². The number of amides is 1. The molecule has 0 radical (unpaired) electrons. The minimum absolute atomic E-state index is 0.118. The number of carbonyl (C=O) groups excluding carboxylic acids is 1. The highest BCUT2D eigenvalue weighted by Gasteiger charge is 2.65. The van der Waals surface area contributed by atoms with E-state index in [-0.39, 0.29) is 41.0 Å². The van der Waals surface area contributed by atoms with Crippen molar-refractivity contribution in [3.63, 3.8) is 0 Å². The van der Waals surface area contributed by atoms with Crippen molar-refractivity contribution in [2.75, 3.05) is 13.6 Å². The molecular formula is C29H49NO4. The van der Waals surface area contributed by atoms with Gasteiger partial charge in [0.05, 0.1) is 18.3 Å². The van der Waals surface area contributed by atoms with Crippen LogP contribution in [0.15, 0.2) is 12.7 Å². The molecule has 4 aliphatic rings. The minimum atomic E-state index is -0.344. The van der Waals surface area contributed by atoms with E-state index in [1.807, 2.05) is 7.05 Å². The highest BCUT2D eigenvalue weighted by Crippen LogP contribution is 2.68. The van der Waals surface area contributed by atoms with Gasteiger partial charge < -0.3 is 20.2 Å². The molecule has 0 aliphatic heterocycles. The molecule has 194 valence electrons. The van der Waals surface area contributed by atoms with Crippen molar-refractivity contribution in [1.29, 1.82) is 0 Å². The van der Waals surface area contributed by atoms with E-state index >= 15 is 0 Å². The van der Waals surface area contributed by atoms with Gasteiger partial charge in [0.15, 0.2) is 0 Å². The van der Waals surface area contributed by atoms with Gasteiger partial charge in [-0.1, -0.05) is 26.8 Å². The Morgan fingerprint density at radius 1 is 1.12 bits per heavy atom. The van der Waals surface area contributed by atoms with Gasteiger partial charge in [0.25, 0.3) is 0 Å². The van der Waals surface area contributed by atoms with Crippen LogP contribution in [0.4, 0.5) is 0 Å². The van der Waals surface area contributed by atoms with Gasteiger partial charge in [-0.15, -0.1) is 6.58 Å². The lowest BCUT2D eigenvalue weighted by Crippen LogP contribution is -2.62. The highest BCUT2D eigenvalue weighted by molar-refractivity contribution is 5.75. The number of fused-ring (bicyclic) bond motifs is 5. The fraction of sp³-hybridized carbons (Fsp3) is 0.897. The topological polar surface area (TPSA) is 81.0 Å². The summed E-state index contributed by atoms with van der Waals surface area (Å²) >= 11 is 0. The van der Waals surface area contributed by atoms with Crippen LogP contribution in [0.3, 0.4) is 0 Å². The first-order valence-electron chi connectivity index (χ1n) is 13.9. The van der Waals surface area contributed by atoms with Gasteiger partial charge in [-0.2, -0.15) is 0 Å². The van der Waals surface area contributed by atoms with E-state index in [0.29, 0.717) is 42.6 Å². The van der Waals surface area contributed by atoms with Crippen molar-refractivity contribution < 1.29 is 20.1 Å². The third kappa shape index (κ3) is 4.28. The summed E-state index contributed by atoms with van der Waals surface area (Å²) in [4.78, 5) is 14.1. The number of aliphatic hydroxyl groups is 3. The lowest BCUT2D eigenvalue weighted by Gasteiger charge is -2.63. The van der Waals surface area contributed by atoms with Crippen LogP contribution in [0.2, 0.25) is 0 Å². The van der Waals surface area contributed by atoms with Crippen LogP contribution in [0.1, 0.15) is 85.0 Å². The van der Waals surface area contributed by atoms with E-state index in [1.165, 1.54) is 0 Å². The zero-order chi connectivity index (χ0) is 24.8. The maximum Gasteiger partial charge on any atom is 0.222 e. The number of hydrogen-bond donors (Lipinski definition) is 3. The Balaban J connectivity index is 1.46. The van der Waals surface area contributed by atoms with E-state index in [1.54, 1.807) is 11.0 Å². The van der Waals surface area contributed by atoms with Gasteiger partial charge in [-0.05, 0) is 104 Å². The summed E-state index contributed by atoms with van der Waals surface area (Å²) in [5.41, 5.74) is -0.0461. The summed E-state index contributed by atoms with van der Waals surface area (Å²) in [5.74, 6) is 2.37. The molecule has 0 heterocycles. The second kappa shape index (κ2) is 9.86. The van der Waals surface area contributed by atoms with Crippen LogP contribution < -0.4 is 0 Å². The molecule has 34 heavy (non-hydrogen) atoms. The molecule has 3 N–H and O–H groups in total. The molecule has 4 fully saturated rings. The van der Waals surface area contributed by atoms with Crippen molar-refractivity contribution in [1.82, 2.24) is 4.90 Å². The summed E-state index contributed by atoms with van der Waals surface area (Å²) in [6.07, 6.45) is 9.76. The maximum atomic E-state index is 12.3. The number of nitrogens with zero attached hydrogens (tertiary/aromatic N) is 1. The second-order valence-corrected chi connectivity index (χ2v) is 13.0. The van der Waals surface area contributed by atoms with E-state index < -0.39 is 0 Å². The quantitative estimate of drug-likeness (QED) is 0.477. The van der Waals surface area contributed by atoms with Crippen molar-refractivity contribution >= 4 is 5.91 Å². The van der Waals surface area contributed by atoms with Crippen LogP contribution in [-0.2, 0) is 4.79 Å². The second-order valence-electron chi connectivity index (χ2n) is 13.0. The number of hydrogen-bond acceptors (Lipinski definition) is 4. The van der Waals surface area contributed by atoms with Crippen molar-refractivity contribution in [2.45, 2.75) is 103 Å². The summed E-state index contributed by atoms with van der Waals surface area (Å²) < 4.78 is 0. The molecule has 4 saturated carbocycles. The van der Waals surface area contributed by atoms with Gasteiger partial charge in [0, 0.05) is 20.0 Å². The third-order valence-corrected chi connectivity index (χ3v) is 11.4. The number of aliphatic hydroxyl groups excluding tert-OH is 3. The molecule has 0 aromatic heterocycles. The van der Waals surface area contributed by atoms with Crippen LogP contribution in [-0.4, -0.2) is 58.0 Å². The largest absolute Gasteiger partial charge is 0.393 e. The smallest absolute Gasteiger partial charge is 0.222 e. The molecule has 4 aliphatic carbocycles. The monoisotopic (exact) mass is 475 g/mol. The first-order chi connectivity index (χ1) is 16.0. The Kier molecular flexibility index (Phi) is 7.59. The third-order valence-electron chi connectivity index (χ3n) is 11.4. The van der Waals surface area contributed by atoms with Crippen LogP contribution in [0.25, 0.3) is 0 Å². The SMILES string of the molecule is C=CCN(C)C(=O)CCC[C@@H](C)[C@H]1CC[C@H]2[C@@H]3[C@H](O)C[C@@H]4C[C@H](O)CC[C@]4(C)[C@H]3C[C@H](O)[C@]12C. The number of rotatable bonds is 7. The van der Waals surface area contributed by atoms with Gasteiger partial charge in [0.1, 0.15) is 0 Å². The Morgan fingerprint density at radius 2 is 1.85 bits per heavy atom. The molecule has 0 bridgehead atoms. The minimum Gasteiger partial charge on any atom is -0.393 e. The van der Waals surface area contributed by atoms with Gasteiger partial charge >= 0.3 is 0 Å². The molecule has 11 atom stereocenters. The molecule has 0 spiro atoms. The molecular weight excluding hydrogens is 426 g/mol. The van der Waals surface area contributed by atoms with Crippen molar-refractivity contribution in [2.24, 2.45) is 46.3 Å². The zero-order valence-corrected chi connectivity index (χ0v) is 22.0. The predicted octanol–water partition coefficient (Wildman–Crippen LogP) is 4.40. The molecule has 4 rings (SSSR count). The van der Waals surface area contributed by atoms with E-state index in [9.17, 15) is 20.1 Å². The fourth-order valence-electron chi connectivity index (χ4n) is 9.39. The Bertz CT molecular complexity index is 756. The van der Waals surface area contributed by atoms with Gasteiger partial charge in [0.2, 0.25) is 5.91 Å². The maximum absolute atomic E-state index is 12.3. The predicted molar refractivity (Wildman–Crippen MR) is 135 cm³/mol. The summed E-state index contributed by atoms with van der Waals surface area (Å²) in [6.45, 7) is 11.3. The number of carbonyl (C=O) groups is 1. The lowest BCUT2D eigenvalue weighted by atomic mass is 9.43. The highest BCUT2D eigenvalue weighted by atomic mass is 16.3. The lowest BCUT2D eigenvalue weighted by molar-refractivity contribution is -0.207. The first kappa shape index (κ1) is 26.2. The molecule has 1 amide bonds. The first-order valence-corrected chi connectivity index (χ1v) is 13.9. The molecule has 0 unspecified atom stereocenters. The van der Waals surface area contributed by atoms with Gasteiger partial charge in [-0.25, -0.2) is 0 Å². The zero-order valence-electron chi connectivity index (χ0n) is 22.0. The summed E-state index contributed by atoms with van der Waals surface area (Å²) in [7, 11) is 1.83. The molecule has 0 aromatic carbocycles. The molecule has 0 saturated heterocycles. The normalized spacial score (nSPS) is 46.7. The Hall–Kier alpha value is -0.910. The average Bonchev–Trinajstić information content (AvgIpc) is 3.14. The number of likely N-dealkylation sites (N-methyl/N-ethyl adjacent to an activating group) is 1. The molecule has 5 heteroatoms. The van der Waals surface area contributed by atoms with E-state index in [2.05, 4.69) is 27.4 Å².